The van der Waals surface area contributed by atoms with E-state index < -0.39 is 11.8 Å². The molecule has 0 amide bonds. The van der Waals surface area contributed by atoms with E-state index in [0.29, 0.717) is 0 Å². The van der Waals surface area contributed by atoms with Gasteiger partial charge in [0.2, 0.25) is 0 Å². The van der Waals surface area contributed by atoms with Crippen LogP contribution >= 0.6 is 0 Å². The highest BCUT2D eigenvalue weighted by molar-refractivity contribution is 4.89. The number of halogens is 3. The van der Waals surface area contributed by atoms with E-state index in [0.717, 1.165) is 6.92 Å². The number of hydrogen-bond donors (Lipinski definition) is 0. The number of ether oxygens (including phenoxy) is 1. The van der Waals surface area contributed by atoms with E-state index >= 15 is 0 Å². The summed E-state index contributed by atoms with van der Waals surface area (Å²) in [6.45, 7) is 3.09. The second-order valence-corrected chi connectivity index (χ2v) is 3.35. The quantitative estimate of drug-likeness (QED) is 0.539. The summed E-state index contributed by atoms with van der Waals surface area (Å²) in [6.07, 6.45) is -4.14. The lowest BCUT2D eigenvalue weighted by molar-refractivity contribution is -0.255. The van der Waals surface area contributed by atoms with Crippen LogP contribution in [0.5, 0.6) is 0 Å². The Morgan fingerprint density at radius 3 is 2.18 bits per heavy atom. The Bertz CT molecular complexity index is 154. The van der Waals surface area contributed by atoms with Crippen LogP contribution in [0.25, 0.3) is 0 Å². The third kappa shape index (κ3) is 1.50. The zero-order chi connectivity index (χ0) is 8.70. The first-order valence-corrected chi connectivity index (χ1v) is 3.56. The minimum absolute atomic E-state index is 0.0154. The van der Waals surface area contributed by atoms with Crippen LogP contribution in [0.3, 0.4) is 0 Å². The van der Waals surface area contributed by atoms with Crippen LogP contribution in [-0.2, 0) is 4.74 Å². The summed E-state index contributed by atoms with van der Waals surface area (Å²) >= 11 is 0. The van der Waals surface area contributed by atoms with E-state index in [2.05, 4.69) is 0 Å². The molecule has 2 unspecified atom stereocenters. The number of rotatable bonds is 0. The fraction of sp³-hybridized carbons (Fsp3) is 1.00. The van der Waals surface area contributed by atoms with Gasteiger partial charge in [-0.3, -0.25) is 0 Å². The second kappa shape index (κ2) is 2.37. The molecule has 0 bridgehead atoms. The van der Waals surface area contributed by atoms with Crippen LogP contribution < -0.4 is 0 Å². The molecule has 0 spiro atoms. The molecule has 0 N–H and O–H groups in total. The lowest BCUT2D eigenvalue weighted by atomic mass is 9.97. The van der Waals surface area contributed by atoms with E-state index in [1.54, 1.807) is 6.92 Å². The summed E-state index contributed by atoms with van der Waals surface area (Å²) in [7, 11) is 0. The van der Waals surface area contributed by atoms with Gasteiger partial charge in [-0.25, -0.2) is 0 Å². The predicted molar refractivity (Wildman–Crippen MR) is 34.2 cm³/mol. The van der Waals surface area contributed by atoms with Crippen LogP contribution in [0.2, 0.25) is 0 Å². The van der Waals surface area contributed by atoms with Crippen LogP contribution in [-0.4, -0.2) is 18.4 Å². The molecule has 1 aliphatic rings. The van der Waals surface area contributed by atoms with Crippen molar-refractivity contribution >= 4 is 0 Å². The molecule has 1 aliphatic heterocycles. The smallest absolute Gasteiger partial charge is 0.366 e. The SMILES string of the molecule is CC1COC(C)(C(F)(F)F)C1. The van der Waals surface area contributed by atoms with Crippen molar-refractivity contribution in [3.63, 3.8) is 0 Å². The average molecular weight is 168 g/mol. The summed E-state index contributed by atoms with van der Waals surface area (Å²) in [5.74, 6) is 0.0154. The summed E-state index contributed by atoms with van der Waals surface area (Å²) in [4.78, 5) is 0. The molecule has 0 radical (unpaired) electrons. The Morgan fingerprint density at radius 1 is 1.45 bits per heavy atom. The van der Waals surface area contributed by atoms with Crippen LogP contribution in [0, 0.1) is 5.92 Å². The van der Waals surface area contributed by atoms with Gasteiger partial charge < -0.3 is 4.74 Å². The van der Waals surface area contributed by atoms with E-state index in [1.807, 2.05) is 0 Å². The molecule has 1 saturated heterocycles. The monoisotopic (exact) mass is 168 g/mol. The fourth-order valence-corrected chi connectivity index (χ4v) is 1.31. The van der Waals surface area contributed by atoms with Gasteiger partial charge in [0.1, 0.15) is 0 Å². The summed E-state index contributed by atoms with van der Waals surface area (Å²) < 4.78 is 41.3. The van der Waals surface area contributed by atoms with Gasteiger partial charge in [-0.15, -0.1) is 0 Å². The molecule has 1 heterocycles. The Kier molecular flexibility index (Phi) is 1.90. The molecule has 0 aliphatic carbocycles. The zero-order valence-corrected chi connectivity index (χ0v) is 6.53. The van der Waals surface area contributed by atoms with Gasteiger partial charge in [-0.05, 0) is 19.3 Å². The minimum atomic E-state index is -4.22. The molecule has 0 aromatic rings. The number of hydrogen-bond acceptors (Lipinski definition) is 1. The van der Waals surface area contributed by atoms with Crippen molar-refractivity contribution < 1.29 is 17.9 Å². The van der Waals surface area contributed by atoms with Crippen molar-refractivity contribution in [3.05, 3.63) is 0 Å². The maximum absolute atomic E-state index is 12.2. The molecule has 11 heavy (non-hydrogen) atoms. The van der Waals surface area contributed by atoms with E-state index in [4.69, 9.17) is 4.74 Å². The molecule has 0 aromatic heterocycles. The molecular formula is C7H11F3O. The lowest BCUT2D eigenvalue weighted by Gasteiger charge is -2.25. The maximum Gasteiger partial charge on any atom is 0.417 e. The standard InChI is InChI=1S/C7H11F3O/c1-5-3-6(2,11-4-5)7(8,9)10/h5H,3-4H2,1-2H3. The first-order valence-electron chi connectivity index (χ1n) is 3.56. The Labute approximate surface area is 63.5 Å². The molecule has 4 heteroatoms. The van der Waals surface area contributed by atoms with Gasteiger partial charge in [-0.2, -0.15) is 13.2 Å². The van der Waals surface area contributed by atoms with Crippen molar-refractivity contribution in [2.45, 2.75) is 32.0 Å². The third-order valence-corrected chi connectivity index (χ3v) is 2.02. The van der Waals surface area contributed by atoms with Crippen molar-refractivity contribution in [2.75, 3.05) is 6.61 Å². The number of alkyl halides is 3. The minimum Gasteiger partial charge on any atom is -0.366 e. The Morgan fingerprint density at radius 2 is 2.00 bits per heavy atom. The topological polar surface area (TPSA) is 9.23 Å². The van der Waals surface area contributed by atoms with E-state index in [-0.39, 0.29) is 18.9 Å². The summed E-state index contributed by atoms with van der Waals surface area (Å²) in [5, 5.41) is 0. The highest BCUT2D eigenvalue weighted by Gasteiger charge is 2.55. The van der Waals surface area contributed by atoms with Crippen molar-refractivity contribution in [1.29, 1.82) is 0 Å². The maximum atomic E-state index is 12.2. The first-order chi connectivity index (χ1) is 4.85. The highest BCUT2D eigenvalue weighted by atomic mass is 19.4. The second-order valence-electron chi connectivity index (χ2n) is 3.35. The molecule has 1 rings (SSSR count). The van der Waals surface area contributed by atoms with Gasteiger partial charge in [0.25, 0.3) is 0 Å². The van der Waals surface area contributed by atoms with Crippen LogP contribution in [0.1, 0.15) is 20.3 Å². The van der Waals surface area contributed by atoms with Crippen molar-refractivity contribution in [1.82, 2.24) is 0 Å². The zero-order valence-electron chi connectivity index (χ0n) is 6.53. The average Bonchev–Trinajstić information content (AvgIpc) is 2.10. The molecule has 2 atom stereocenters. The molecule has 1 nitrogen and oxygen atoms in total. The highest BCUT2D eigenvalue weighted by Crippen LogP contribution is 2.42. The molecule has 66 valence electrons. The van der Waals surface area contributed by atoms with E-state index in [9.17, 15) is 13.2 Å². The predicted octanol–water partition coefficient (Wildman–Crippen LogP) is 2.36. The fourth-order valence-electron chi connectivity index (χ4n) is 1.31. The largest absolute Gasteiger partial charge is 0.417 e. The third-order valence-electron chi connectivity index (χ3n) is 2.02. The van der Waals surface area contributed by atoms with Crippen molar-refractivity contribution in [2.24, 2.45) is 5.92 Å². The van der Waals surface area contributed by atoms with Gasteiger partial charge in [0.15, 0.2) is 5.60 Å². The molecule has 0 saturated carbocycles. The summed E-state index contributed by atoms with van der Waals surface area (Å²) in [6, 6.07) is 0. The van der Waals surface area contributed by atoms with Crippen LogP contribution in [0.4, 0.5) is 13.2 Å². The van der Waals surface area contributed by atoms with Crippen LogP contribution in [0.15, 0.2) is 0 Å². The molecule has 1 fully saturated rings. The van der Waals surface area contributed by atoms with E-state index in [1.165, 1.54) is 0 Å². The molecule has 0 aromatic carbocycles. The van der Waals surface area contributed by atoms with Gasteiger partial charge in [0.05, 0.1) is 6.61 Å². The van der Waals surface area contributed by atoms with Gasteiger partial charge in [0, 0.05) is 0 Å². The van der Waals surface area contributed by atoms with Gasteiger partial charge >= 0.3 is 6.18 Å². The molecular weight excluding hydrogens is 157 g/mol. The summed E-state index contributed by atoms with van der Waals surface area (Å²) in [5.41, 5.74) is -1.90. The normalized spacial score (nSPS) is 39.5. The Hall–Kier alpha value is -0.250. The Balaban J connectivity index is 2.69. The first kappa shape index (κ1) is 8.84. The lowest BCUT2D eigenvalue weighted by Crippen LogP contribution is -2.41. The van der Waals surface area contributed by atoms with Gasteiger partial charge in [-0.1, -0.05) is 6.92 Å². The van der Waals surface area contributed by atoms with Crippen molar-refractivity contribution in [3.8, 4) is 0 Å².